The Hall–Kier alpha value is -1.55. The van der Waals surface area contributed by atoms with E-state index in [0.29, 0.717) is 23.6 Å². The topological polar surface area (TPSA) is 38.3 Å². The van der Waals surface area contributed by atoms with Crippen molar-refractivity contribution in [1.82, 2.24) is 5.32 Å². The van der Waals surface area contributed by atoms with Gasteiger partial charge in [0.1, 0.15) is 5.75 Å². The van der Waals surface area contributed by atoms with Gasteiger partial charge in [-0.15, -0.1) is 0 Å². The molecule has 4 heteroatoms. The fourth-order valence-electron chi connectivity index (χ4n) is 3.11. The molecule has 0 saturated carbocycles. The van der Waals surface area contributed by atoms with E-state index in [0.717, 1.165) is 31.7 Å². The van der Waals surface area contributed by atoms with Crippen LogP contribution in [0.3, 0.4) is 0 Å². The number of amides is 1. The molecular weight excluding hydrogens is 336 g/mol. The summed E-state index contributed by atoms with van der Waals surface area (Å²) in [6.45, 7) is 11.6. The van der Waals surface area contributed by atoms with Gasteiger partial charge in [-0.2, -0.15) is 0 Å². The molecule has 1 amide bonds. The zero-order valence-corrected chi connectivity index (χ0v) is 18.4. The van der Waals surface area contributed by atoms with Crippen LogP contribution in [0, 0.1) is 6.92 Å². The molecule has 0 aliphatic rings. The number of likely N-dealkylation sites (N-methyl/N-ethyl adjacent to an activating group) is 1. The average Bonchev–Trinajstić information content (AvgIpc) is 2.59. The first-order chi connectivity index (χ1) is 12.7. The van der Waals surface area contributed by atoms with Crippen molar-refractivity contribution in [2.75, 3.05) is 40.3 Å². The number of aryl methyl sites for hydroxylation is 1. The number of nitrogens with one attached hydrogen (secondary N) is 1. The normalized spacial score (nSPS) is 11.7. The molecule has 0 heterocycles. The molecular formula is C23H41N2O2+. The van der Waals surface area contributed by atoms with Crippen LogP contribution in [0.1, 0.15) is 69.9 Å². The van der Waals surface area contributed by atoms with Crippen molar-refractivity contribution in [3.05, 3.63) is 29.3 Å². The molecule has 0 aliphatic heterocycles. The lowest BCUT2D eigenvalue weighted by Crippen LogP contribution is -2.48. The van der Waals surface area contributed by atoms with E-state index in [1.807, 2.05) is 0 Å². The number of unbranched alkanes of at least 4 members (excludes halogenated alkanes) is 3. The Labute approximate surface area is 166 Å². The summed E-state index contributed by atoms with van der Waals surface area (Å²) in [6, 6.07) is 6.47. The van der Waals surface area contributed by atoms with E-state index in [4.69, 9.17) is 4.74 Å². The van der Waals surface area contributed by atoms with Gasteiger partial charge in [-0.05, 0) is 36.5 Å². The second-order valence-electron chi connectivity index (χ2n) is 8.61. The number of carbonyl (C=O) groups is 1. The molecule has 27 heavy (non-hydrogen) atoms. The number of hydrogen-bond donors (Lipinski definition) is 1. The molecule has 0 spiro atoms. The second kappa shape index (κ2) is 12.0. The van der Waals surface area contributed by atoms with Crippen LogP contribution in [-0.4, -0.2) is 50.7 Å². The summed E-state index contributed by atoms with van der Waals surface area (Å²) in [4.78, 5) is 12.1. The molecule has 0 unspecified atom stereocenters. The highest BCUT2D eigenvalue weighted by Gasteiger charge is 2.19. The molecule has 1 aromatic carbocycles. The molecule has 1 rings (SSSR count). The third-order valence-electron chi connectivity index (χ3n) is 4.97. The van der Waals surface area contributed by atoms with Crippen molar-refractivity contribution in [2.45, 2.75) is 65.7 Å². The van der Waals surface area contributed by atoms with E-state index >= 15 is 0 Å². The minimum atomic E-state index is 0.151. The van der Waals surface area contributed by atoms with Gasteiger partial charge in [0.2, 0.25) is 0 Å². The van der Waals surface area contributed by atoms with Gasteiger partial charge in [0.15, 0.2) is 6.54 Å². The lowest BCUT2D eigenvalue weighted by Gasteiger charge is -2.29. The molecule has 0 radical (unpaired) electrons. The van der Waals surface area contributed by atoms with Crippen LogP contribution < -0.4 is 10.1 Å². The third-order valence-corrected chi connectivity index (χ3v) is 4.97. The average molecular weight is 378 g/mol. The highest BCUT2D eigenvalue weighted by atomic mass is 16.5. The number of hydrogen-bond acceptors (Lipinski definition) is 2. The predicted octanol–water partition coefficient (Wildman–Crippen LogP) is 4.66. The van der Waals surface area contributed by atoms with Crippen LogP contribution in [0.2, 0.25) is 0 Å². The van der Waals surface area contributed by atoms with Gasteiger partial charge in [-0.3, -0.25) is 4.79 Å². The van der Waals surface area contributed by atoms with E-state index in [9.17, 15) is 4.79 Å². The second-order valence-corrected chi connectivity index (χ2v) is 8.61. The van der Waals surface area contributed by atoms with E-state index < -0.39 is 0 Å². The zero-order valence-electron chi connectivity index (χ0n) is 18.4. The predicted molar refractivity (Wildman–Crippen MR) is 114 cm³/mol. The van der Waals surface area contributed by atoms with Crippen LogP contribution in [0.4, 0.5) is 0 Å². The number of benzene rings is 1. The Kier molecular flexibility index (Phi) is 10.5. The van der Waals surface area contributed by atoms with Crippen molar-refractivity contribution in [3.63, 3.8) is 0 Å². The minimum absolute atomic E-state index is 0.151. The van der Waals surface area contributed by atoms with Crippen LogP contribution in [0.5, 0.6) is 5.75 Å². The summed E-state index contributed by atoms with van der Waals surface area (Å²) in [5.41, 5.74) is 2.48. The molecule has 0 aromatic heterocycles. The largest absolute Gasteiger partial charge is 0.493 e. The number of ether oxygens (including phenoxy) is 1. The monoisotopic (exact) mass is 377 g/mol. The number of rotatable bonds is 13. The van der Waals surface area contributed by atoms with Gasteiger partial charge in [0.05, 0.1) is 27.2 Å². The summed E-state index contributed by atoms with van der Waals surface area (Å²) in [5, 5.41) is 3.05. The molecule has 0 aliphatic carbocycles. The summed E-state index contributed by atoms with van der Waals surface area (Å²) in [7, 11) is 4.22. The first-order valence-corrected chi connectivity index (χ1v) is 10.6. The van der Waals surface area contributed by atoms with Crippen LogP contribution in [0.25, 0.3) is 0 Å². The highest BCUT2D eigenvalue weighted by Crippen LogP contribution is 2.24. The molecule has 4 nitrogen and oxygen atoms in total. The van der Waals surface area contributed by atoms with E-state index in [-0.39, 0.29) is 5.91 Å². The lowest BCUT2D eigenvalue weighted by atomic mass is 10.0. The maximum absolute atomic E-state index is 12.1. The molecule has 1 N–H and O–H groups in total. The van der Waals surface area contributed by atoms with Gasteiger partial charge in [-0.1, -0.05) is 52.2 Å². The third kappa shape index (κ3) is 9.81. The maximum Gasteiger partial charge on any atom is 0.275 e. The summed E-state index contributed by atoms with van der Waals surface area (Å²) >= 11 is 0. The van der Waals surface area contributed by atoms with Crippen LogP contribution in [0.15, 0.2) is 18.2 Å². The van der Waals surface area contributed by atoms with Gasteiger partial charge in [0.25, 0.3) is 5.91 Å². The van der Waals surface area contributed by atoms with Crippen molar-refractivity contribution >= 4 is 5.91 Å². The highest BCUT2D eigenvalue weighted by molar-refractivity contribution is 5.76. The Bertz CT molecular complexity index is 567. The number of quaternary nitrogens is 1. The van der Waals surface area contributed by atoms with Gasteiger partial charge < -0.3 is 14.5 Å². The van der Waals surface area contributed by atoms with Crippen molar-refractivity contribution in [3.8, 4) is 5.75 Å². The number of carbonyl (C=O) groups excluding carboxylic acids is 1. The Balaban J connectivity index is 2.31. The quantitative estimate of drug-likeness (QED) is 0.401. The molecule has 0 atom stereocenters. The van der Waals surface area contributed by atoms with E-state index in [1.165, 1.54) is 30.4 Å². The fraction of sp³-hybridized carbons (Fsp3) is 0.696. The van der Waals surface area contributed by atoms with Crippen LogP contribution in [-0.2, 0) is 4.79 Å². The number of nitrogens with zero attached hydrogens (tertiary/aromatic N) is 1. The van der Waals surface area contributed by atoms with Crippen molar-refractivity contribution in [1.29, 1.82) is 0 Å². The van der Waals surface area contributed by atoms with Crippen LogP contribution >= 0.6 is 0 Å². The Morgan fingerprint density at radius 3 is 2.56 bits per heavy atom. The Morgan fingerprint density at radius 2 is 1.89 bits per heavy atom. The van der Waals surface area contributed by atoms with Crippen molar-refractivity contribution in [2.24, 2.45) is 0 Å². The maximum atomic E-state index is 12.1. The summed E-state index contributed by atoms with van der Waals surface area (Å²) in [5.74, 6) is 1.64. The van der Waals surface area contributed by atoms with Gasteiger partial charge in [0, 0.05) is 13.0 Å². The summed E-state index contributed by atoms with van der Waals surface area (Å²) in [6.07, 6.45) is 5.68. The first kappa shape index (κ1) is 23.5. The van der Waals surface area contributed by atoms with Gasteiger partial charge >= 0.3 is 0 Å². The molecule has 0 fully saturated rings. The molecule has 154 valence electrons. The SMILES string of the molecule is CCCCCCNC(=O)C[N+](C)(C)CCCOc1cc(C(C)C)ccc1C. The Morgan fingerprint density at radius 1 is 1.15 bits per heavy atom. The zero-order chi connectivity index (χ0) is 20.3. The smallest absolute Gasteiger partial charge is 0.275 e. The van der Waals surface area contributed by atoms with E-state index in [1.54, 1.807) is 0 Å². The fourth-order valence-corrected chi connectivity index (χ4v) is 3.11. The van der Waals surface area contributed by atoms with Gasteiger partial charge in [-0.25, -0.2) is 0 Å². The molecule has 1 aromatic rings. The molecule has 0 saturated heterocycles. The standard InChI is InChI=1S/C23H40N2O2/c1-7-8-9-10-14-24-23(26)18-25(5,6)15-11-16-27-22-17-21(19(2)3)13-12-20(22)4/h12-13,17,19H,7-11,14-16,18H2,1-6H3/p+1. The van der Waals surface area contributed by atoms with Crippen molar-refractivity contribution < 1.29 is 14.0 Å². The lowest BCUT2D eigenvalue weighted by molar-refractivity contribution is -0.882. The summed E-state index contributed by atoms with van der Waals surface area (Å²) < 4.78 is 6.71. The minimum Gasteiger partial charge on any atom is -0.493 e. The van der Waals surface area contributed by atoms with E-state index in [2.05, 4.69) is 65.3 Å². The first-order valence-electron chi connectivity index (χ1n) is 10.6. The molecule has 0 bridgehead atoms.